The fourth-order valence-corrected chi connectivity index (χ4v) is 4.18. The average Bonchev–Trinajstić information content (AvgIpc) is 2.48. The molecule has 128 valence electrons. The van der Waals surface area contributed by atoms with E-state index in [1.165, 1.54) is 15.5 Å². The van der Waals surface area contributed by atoms with E-state index in [2.05, 4.69) is 26.0 Å². The van der Waals surface area contributed by atoms with Crippen molar-refractivity contribution in [3.63, 3.8) is 0 Å². The van der Waals surface area contributed by atoms with Gasteiger partial charge in [-0.1, -0.05) is 26.0 Å². The van der Waals surface area contributed by atoms with Crippen LogP contribution in [0.5, 0.6) is 0 Å². The Kier molecular flexibility index (Phi) is 6.11. The number of hydrogen-bond donors (Lipinski definition) is 0. The highest BCUT2D eigenvalue weighted by Crippen LogP contribution is 2.23. The second kappa shape index (κ2) is 7.68. The third-order valence-electron chi connectivity index (χ3n) is 3.71. The van der Waals surface area contributed by atoms with Crippen LogP contribution in [-0.2, 0) is 21.2 Å². The zero-order valence-electron chi connectivity index (χ0n) is 13.9. The minimum absolute atomic E-state index is 0.0578. The van der Waals surface area contributed by atoms with Crippen molar-refractivity contribution >= 4 is 27.7 Å². The first-order chi connectivity index (χ1) is 10.8. The Balaban J connectivity index is 1.88. The highest BCUT2D eigenvalue weighted by atomic mass is 32.2. The minimum Gasteiger partial charge on any atom is -0.340 e. The van der Waals surface area contributed by atoms with Gasteiger partial charge in [0.2, 0.25) is 15.9 Å². The van der Waals surface area contributed by atoms with Crippen molar-refractivity contribution in [2.45, 2.75) is 30.4 Å². The summed E-state index contributed by atoms with van der Waals surface area (Å²) < 4.78 is 24.4. The van der Waals surface area contributed by atoms with Crippen molar-refractivity contribution in [1.29, 1.82) is 0 Å². The van der Waals surface area contributed by atoms with Crippen LogP contribution in [0.15, 0.2) is 29.2 Å². The lowest BCUT2D eigenvalue weighted by molar-refractivity contribution is -0.131. The molecule has 1 aliphatic rings. The molecule has 1 fully saturated rings. The zero-order chi connectivity index (χ0) is 17.0. The molecule has 0 atom stereocenters. The van der Waals surface area contributed by atoms with Gasteiger partial charge >= 0.3 is 0 Å². The van der Waals surface area contributed by atoms with Gasteiger partial charge in [-0.2, -0.15) is 4.31 Å². The largest absolute Gasteiger partial charge is 0.340 e. The Morgan fingerprint density at radius 2 is 1.70 bits per heavy atom. The molecule has 1 heterocycles. The zero-order valence-corrected chi connectivity index (χ0v) is 15.5. The van der Waals surface area contributed by atoms with Crippen LogP contribution < -0.4 is 0 Å². The molecule has 1 saturated heterocycles. The van der Waals surface area contributed by atoms with Gasteiger partial charge in [0, 0.05) is 36.3 Å². The van der Waals surface area contributed by atoms with Crippen LogP contribution in [0.25, 0.3) is 0 Å². The molecule has 5 nitrogen and oxygen atoms in total. The Morgan fingerprint density at radius 1 is 1.13 bits per heavy atom. The molecule has 0 saturated carbocycles. The number of rotatable bonds is 5. The van der Waals surface area contributed by atoms with Crippen molar-refractivity contribution in [3.05, 3.63) is 29.8 Å². The van der Waals surface area contributed by atoms with Gasteiger partial charge in [0.15, 0.2) is 0 Å². The SMILES string of the molecule is CC(C)Sc1ccc(CC(=O)N2CCN(S(C)(=O)=O)CC2)cc1. The van der Waals surface area contributed by atoms with E-state index in [0.29, 0.717) is 37.8 Å². The molecule has 0 unspecified atom stereocenters. The number of piperazine rings is 1. The van der Waals surface area contributed by atoms with Gasteiger partial charge in [-0.3, -0.25) is 4.79 Å². The number of carbonyl (C=O) groups is 1. The predicted molar refractivity (Wildman–Crippen MR) is 94.1 cm³/mol. The number of benzene rings is 1. The maximum atomic E-state index is 12.3. The molecule has 2 rings (SSSR count). The average molecular weight is 357 g/mol. The number of hydrogen-bond acceptors (Lipinski definition) is 4. The summed E-state index contributed by atoms with van der Waals surface area (Å²) in [4.78, 5) is 15.3. The third-order valence-corrected chi connectivity index (χ3v) is 6.03. The van der Waals surface area contributed by atoms with Gasteiger partial charge in [0.05, 0.1) is 12.7 Å². The summed E-state index contributed by atoms with van der Waals surface area (Å²) in [5.74, 6) is 0.0578. The van der Waals surface area contributed by atoms with Gasteiger partial charge in [0.25, 0.3) is 0 Å². The third kappa shape index (κ3) is 5.51. The lowest BCUT2D eigenvalue weighted by Crippen LogP contribution is -2.50. The summed E-state index contributed by atoms with van der Waals surface area (Å²) >= 11 is 1.80. The minimum atomic E-state index is -3.16. The highest BCUT2D eigenvalue weighted by Gasteiger charge is 2.25. The van der Waals surface area contributed by atoms with Crippen molar-refractivity contribution in [3.8, 4) is 0 Å². The molecule has 0 aromatic heterocycles. The molecule has 7 heteroatoms. The van der Waals surface area contributed by atoms with Crippen LogP contribution in [0.2, 0.25) is 0 Å². The van der Waals surface area contributed by atoms with Gasteiger partial charge in [-0.05, 0) is 17.7 Å². The number of thioether (sulfide) groups is 1. The van der Waals surface area contributed by atoms with E-state index in [4.69, 9.17) is 0 Å². The van der Waals surface area contributed by atoms with Crippen molar-refractivity contribution in [2.24, 2.45) is 0 Å². The van der Waals surface area contributed by atoms with E-state index < -0.39 is 10.0 Å². The van der Waals surface area contributed by atoms with Crippen LogP contribution in [0, 0.1) is 0 Å². The maximum Gasteiger partial charge on any atom is 0.227 e. The van der Waals surface area contributed by atoms with E-state index in [1.807, 2.05) is 12.1 Å². The molecular weight excluding hydrogens is 332 g/mol. The summed E-state index contributed by atoms with van der Waals surface area (Å²) in [5.41, 5.74) is 0.994. The number of sulfonamides is 1. The highest BCUT2D eigenvalue weighted by molar-refractivity contribution is 7.99. The number of nitrogens with zero attached hydrogens (tertiary/aromatic N) is 2. The summed E-state index contributed by atoms with van der Waals surface area (Å²) in [6.45, 7) is 6.00. The van der Waals surface area contributed by atoms with Gasteiger partial charge in [0.1, 0.15) is 0 Å². The van der Waals surface area contributed by atoms with Crippen molar-refractivity contribution < 1.29 is 13.2 Å². The maximum absolute atomic E-state index is 12.3. The predicted octanol–water partition coefficient (Wildman–Crippen LogP) is 1.83. The van der Waals surface area contributed by atoms with Crippen LogP contribution in [0.1, 0.15) is 19.4 Å². The van der Waals surface area contributed by atoms with E-state index in [1.54, 1.807) is 16.7 Å². The molecule has 0 radical (unpaired) electrons. The molecule has 1 amide bonds. The molecule has 0 aliphatic carbocycles. The Hall–Kier alpha value is -1.05. The van der Waals surface area contributed by atoms with Crippen LogP contribution in [0.4, 0.5) is 0 Å². The Bertz CT molecular complexity index is 634. The molecule has 1 aliphatic heterocycles. The van der Waals surface area contributed by atoms with Crippen molar-refractivity contribution in [1.82, 2.24) is 9.21 Å². The molecule has 1 aromatic rings. The molecule has 1 aromatic carbocycles. The first-order valence-electron chi connectivity index (χ1n) is 7.74. The summed E-state index contributed by atoms with van der Waals surface area (Å²) in [6.07, 6.45) is 1.58. The fourth-order valence-electron chi connectivity index (χ4n) is 2.51. The topological polar surface area (TPSA) is 57.7 Å². The molecular formula is C16H24N2O3S2. The first kappa shape index (κ1) is 18.3. The molecule has 0 N–H and O–H groups in total. The van der Waals surface area contributed by atoms with Gasteiger partial charge in [-0.15, -0.1) is 11.8 Å². The summed E-state index contributed by atoms with van der Waals surface area (Å²) in [6, 6.07) is 8.09. The summed E-state index contributed by atoms with van der Waals surface area (Å²) in [7, 11) is -3.16. The number of carbonyl (C=O) groups excluding carboxylic acids is 1. The fraction of sp³-hybridized carbons (Fsp3) is 0.562. The van der Waals surface area contributed by atoms with Crippen LogP contribution >= 0.6 is 11.8 Å². The molecule has 0 bridgehead atoms. The van der Waals surface area contributed by atoms with E-state index in [-0.39, 0.29) is 5.91 Å². The van der Waals surface area contributed by atoms with Crippen LogP contribution in [0.3, 0.4) is 0 Å². The Labute approximate surface area is 143 Å². The second-order valence-corrected chi connectivity index (χ2v) is 9.66. The normalized spacial score (nSPS) is 16.8. The first-order valence-corrected chi connectivity index (χ1v) is 10.5. The van der Waals surface area contributed by atoms with Gasteiger partial charge in [-0.25, -0.2) is 8.42 Å². The monoisotopic (exact) mass is 356 g/mol. The number of amides is 1. The lowest BCUT2D eigenvalue weighted by Gasteiger charge is -2.33. The Morgan fingerprint density at radius 3 is 2.17 bits per heavy atom. The molecule has 0 spiro atoms. The molecule has 23 heavy (non-hydrogen) atoms. The van der Waals surface area contributed by atoms with E-state index in [0.717, 1.165) is 5.56 Å². The van der Waals surface area contributed by atoms with Crippen molar-refractivity contribution in [2.75, 3.05) is 32.4 Å². The second-order valence-electron chi connectivity index (χ2n) is 6.03. The lowest BCUT2D eigenvalue weighted by atomic mass is 10.1. The van der Waals surface area contributed by atoms with E-state index >= 15 is 0 Å². The standard InChI is InChI=1S/C16H24N2O3S2/c1-13(2)22-15-6-4-14(5-7-15)12-16(19)17-8-10-18(11-9-17)23(3,20)21/h4-7,13H,8-12H2,1-3H3. The summed E-state index contributed by atoms with van der Waals surface area (Å²) in [5, 5.41) is 0.536. The van der Waals surface area contributed by atoms with Gasteiger partial charge < -0.3 is 4.90 Å². The quantitative estimate of drug-likeness (QED) is 0.756. The van der Waals surface area contributed by atoms with E-state index in [9.17, 15) is 13.2 Å². The van der Waals surface area contributed by atoms with Crippen LogP contribution in [-0.4, -0.2) is 61.2 Å². The smallest absolute Gasteiger partial charge is 0.227 e.